The summed E-state index contributed by atoms with van der Waals surface area (Å²) in [5, 5.41) is 10.2. The highest BCUT2D eigenvalue weighted by Gasteiger charge is 2.53. The van der Waals surface area contributed by atoms with Crippen LogP contribution in [0.1, 0.15) is 11.3 Å². The van der Waals surface area contributed by atoms with Gasteiger partial charge in [-0.05, 0) is 24.1 Å². The summed E-state index contributed by atoms with van der Waals surface area (Å²) in [7, 11) is 0. The van der Waals surface area contributed by atoms with Crippen molar-refractivity contribution in [3.63, 3.8) is 0 Å². The van der Waals surface area contributed by atoms with Gasteiger partial charge < -0.3 is 19.7 Å². The van der Waals surface area contributed by atoms with Gasteiger partial charge in [0, 0.05) is 61.2 Å². The molecule has 0 radical (unpaired) electrons. The van der Waals surface area contributed by atoms with E-state index in [9.17, 15) is 9.90 Å². The highest BCUT2D eigenvalue weighted by Crippen LogP contribution is 2.43. The second kappa shape index (κ2) is 7.17. The van der Waals surface area contributed by atoms with Crippen LogP contribution in [0.4, 0.5) is 0 Å². The van der Waals surface area contributed by atoms with Crippen LogP contribution >= 0.6 is 0 Å². The smallest absolute Gasteiger partial charge is 0.254 e. The van der Waals surface area contributed by atoms with E-state index in [4.69, 9.17) is 4.74 Å². The standard InChI is InChI=1S/C22H24N4O3/c27-14-22-12-25(11-19-8-23-15-24-19)9-18(22)10-26(13-22)21(28)17-5-6-29-20-4-2-1-3-16(20)7-17/h1-8,15,18,27H,9-14H2,(H,23,24). The Morgan fingerprint density at radius 3 is 3.00 bits per heavy atom. The zero-order valence-corrected chi connectivity index (χ0v) is 16.1. The number of imidazole rings is 1. The number of nitrogens with zero attached hydrogens (tertiary/aromatic N) is 3. The van der Waals surface area contributed by atoms with Crippen molar-refractivity contribution in [2.75, 3.05) is 32.8 Å². The third-order valence-electron chi connectivity index (χ3n) is 6.30. The molecule has 2 saturated heterocycles. The van der Waals surface area contributed by atoms with Crippen LogP contribution in [0.15, 0.2) is 54.7 Å². The number of benzene rings is 1. The molecule has 2 unspecified atom stereocenters. The quantitative estimate of drug-likeness (QED) is 0.827. The van der Waals surface area contributed by atoms with Gasteiger partial charge in [-0.3, -0.25) is 9.69 Å². The molecule has 4 heterocycles. The van der Waals surface area contributed by atoms with Crippen LogP contribution in [0.3, 0.4) is 0 Å². The molecule has 0 aliphatic carbocycles. The number of para-hydroxylation sites is 1. The lowest BCUT2D eigenvalue weighted by atomic mass is 9.82. The first-order valence-electron chi connectivity index (χ1n) is 9.90. The molecule has 1 aromatic carbocycles. The average Bonchev–Trinajstić information content (AvgIpc) is 3.39. The summed E-state index contributed by atoms with van der Waals surface area (Å²) in [5.41, 5.74) is 2.30. The van der Waals surface area contributed by atoms with Gasteiger partial charge in [-0.1, -0.05) is 18.2 Å². The van der Waals surface area contributed by atoms with E-state index in [-0.39, 0.29) is 23.8 Å². The normalized spacial score (nSPS) is 25.9. The molecule has 3 aliphatic heterocycles. The van der Waals surface area contributed by atoms with E-state index in [0.29, 0.717) is 18.7 Å². The summed E-state index contributed by atoms with van der Waals surface area (Å²) >= 11 is 0. The number of hydrogen-bond donors (Lipinski definition) is 2. The molecule has 29 heavy (non-hydrogen) atoms. The number of rotatable bonds is 4. The maximum atomic E-state index is 13.2. The molecule has 2 N–H and O–H groups in total. The first-order valence-corrected chi connectivity index (χ1v) is 9.90. The van der Waals surface area contributed by atoms with Crippen LogP contribution in [0.25, 0.3) is 6.08 Å². The first kappa shape index (κ1) is 18.1. The van der Waals surface area contributed by atoms with E-state index in [0.717, 1.165) is 36.6 Å². The zero-order valence-electron chi connectivity index (χ0n) is 16.1. The molecule has 2 atom stereocenters. The topological polar surface area (TPSA) is 81.7 Å². The Bertz CT molecular complexity index is 968. The van der Waals surface area contributed by atoms with Crippen molar-refractivity contribution in [3.8, 4) is 5.75 Å². The van der Waals surface area contributed by atoms with E-state index in [1.165, 1.54) is 0 Å². The first-order chi connectivity index (χ1) is 14.2. The number of carbonyl (C=O) groups excluding carboxylic acids is 1. The van der Waals surface area contributed by atoms with E-state index in [1.54, 1.807) is 18.7 Å². The van der Waals surface area contributed by atoms with Crippen LogP contribution in [0, 0.1) is 11.3 Å². The van der Waals surface area contributed by atoms with Gasteiger partial charge in [-0.2, -0.15) is 0 Å². The number of likely N-dealkylation sites (tertiary alicyclic amines) is 2. The molecule has 0 saturated carbocycles. The summed E-state index contributed by atoms with van der Waals surface area (Å²) in [6.45, 7) is 3.74. The number of carbonyl (C=O) groups is 1. The van der Waals surface area contributed by atoms with Crippen molar-refractivity contribution >= 4 is 12.0 Å². The minimum atomic E-state index is -0.265. The molecule has 0 spiro atoms. The fourth-order valence-electron chi connectivity index (χ4n) is 4.82. The molecule has 2 aromatic rings. The van der Waals surface area contributed by atoms with E-state index in [2.05, 4.69) is 14.9 Å². The summed E-state index contributed by atoms with van der Waals surface area (Å²) in [6, 6.07) is 7.67. The van der Waals surface area contributed by atoms with Crippen LogP contribution < -0.4 is 4.74 Å². The van der Waals surface area contributed by atoms with Crippen molar-refractivity contribution < 1.29 is 14.6 Å². The Morgan fingerprint density at radius 2 is 2.21 bits per heavy atom. The predicted molar refractivity (Wildman–Crippen MR) is 108 cm³/mol. The van der Waals surface area contributed by atoms with Gasteiger partial charge >= 0.3 is 0 Å². The Balaban J connectivity index is 1.32. The summed E-state index contributed by atoms with van der Waals surface area (Å²) in [4.78, 5) is 24.7. The Kier molecular flexibility index (Phi) is 4.49. The minimum absolute atomic E-state index is 0.0103. The second-order valence-electron chi connectivity index (χ2n) is 8.21. The summed E-state index contributed by atoms with van der Waals surface area (Å²) < 4.78 is 5.61. The van der Waals surface area contributed by atoms with Gasteiger partial charge in [-0.25, -0.2) is 4.98 Å². The number of hydrogen-bond acceptors (Lipinski definition) is 5. The monoisotopic (exact) mass is 392 g/mol. The minimum Gasteiger partial charge on any atom is -0.464 e. The lowest BCUT2D eigenvalue weighted by Crippen LogP contribution is -2.39. The fraction of sp³-hybridized carbons (Fsp3) is 0.364. The zero-order chi connectivity index (χ0) is 19.8. The number of amides is 1. The van der Waals surface area contributed by atoms with Crippen molar-refractivity contribution in [1.82, 2.24) is 19.8 Å². The van der Waals surface area contributed by atoms with Crippen LogP contribution in [-0.2, 0) is 11.3 Å². The lowest BCUT2D eigenvalue weighted by Gasteiger charge is -2.27. The molecule has 7 heteroatoms. The predicted octanol–water partition coefficient (Wildman–Crippen LogP) is 1.65. The summed E-state index contributed by atoms with van der Waals surface area (Å²) in [5.74, 6) is 0.994. The van der Waals surface area contributed by atoms with E-state index in [1.807, 2.05) is 41.4 Å². The van der Waals surface area contributed by atoms with Crippen LogP contribution in [0.2, 0.25) is 0 Å². The van der Waals surface area contributed by atoms with Crippen molar-refractivity contribution in [3.05, 3.63) is 66.0 Å². The largest absolute Gasteiger partial charge is 0.464 e. The third-order valence-corrected chi connectivity index (χ3v) is 6.30. The van der Waals surface area contributed by atoms with Gasteiger partial charge in [0.2, 0.25) is 0 Å². The number of aromatic nitrogens is 2. The molecular weight excluding hydrogens is 368 g/mol. The van der Waals surface area contributed by atoms with E-state index >= 15 is 0 Å². The molecular formula is C22H24N4O3. The fourth-order valence-corrected chi connectivity index (χ4v) is 4.82. The Morgan fingerprint density at radius 1 is 1.31 bits per heavy atom. The van der Waals surface area contributed by atoms with Gasteiger partial charge in [0.15, 0.2) is 0 Å². The number of aromatic amines is 1. The van der Waals surface area contributed by atoms with Crippen LogP contribution in [-0.4, -0.2) is 63.6 Å². The number of aliphatic hydroxyl groups is 1. The number of fused-ring (bicyclic) bond motifs is 2. The molecule has 1 aromatic heterocycles. The van der Waals surface area contributed by atoms with Gasteiger partial charge in [0.1, 0.15) is 5.75 Å². The Hall–Kier alpha value is -2.90. The number of aliphatic hydroxyl groups excluding tert-OH is 1. The average molecular weight is 392 g/mol. The summed E-state index contributed by atoms with van der Waals surface area (Å²) in [6.07, 6.45) is 8.70. The number of H-pyrrole nitrogens is 1. The molecule has 7 nitrogen and oxygen atoms in total. The highest BCUT2D eigenvalue weighted by atomic mass is 16.5. The number of ether oxygens (including phenoxy) is 1. The van der Waals surface area contributed by atoms with Crippen molar-refractivity contribution in [2.45, 2.75) is 6.54 Å². The SMILES string of the molecule is O=C(C1=Cc2ccccc2OC=C1)N1CC2CN(Cc3cnc[nH]3)CC2(CO)C1. The molecule has 1 amide bonds. The highest BCUT2D eigenvalue weighted by molar-refractivity contribution is 6.01. The lowest BCUT2D eigenvalue weighted by molar-refractivity contribution is -0.126. The molecule has 2 fully saturated rings. The van der Waals surface area contributed by atoms with Crippen LogP contribution in [0.5, 0.6) is 5.75 Å². The molecule has 150 valence electrons. The Labute approximate surface area is 169 Å². The molecule has 3 aliphatic rings. The van der Waals surface area contributed by atoms with Gasteiger partial charge in [-0.15, -0.1) is 0 Å². The van der Waals surface area contributed by atoms with Crippen molar-refractivity contribution in [1.29, 1.82) is 0 Å². The second-order valence-corrected chi connectivity index (χ2v) is 8.21. The maximum absolute atomic E-state index is 13.2. The molecule has 5 rings (SSSR count). The maximum Gasteiger partial charge on any atom is 0.254 e. The van der Waals surface area contributed by atoms with E-state index < -0.39 is 0 Å². The van der Waals surface area contributed by atoms with Gasteiger partial charge in [0.05, 0.1) is 19.2 Å². The van der Waals surface area contributed by atoms with Crippen molar-refractivity contribution in [2.24, 2.45) is 11.3 Å². The molecule has 0 bridgehead atoms. The third kappa shape index (κ3) is 3.26. The number of nitrogens with one attached hydrogen (secondary N) is 1. The van der Waals surface area contributed by atoms with Gasteiger partial charge in [0.25, 0.3) is 5.91 Å².